The Balaban J connectivity index is 2.78. The largest absolute Gasteiger partial charge is 0.238 e. The maximum absolute atomic E-state index is 11.4. The van der Waals surface area contributed by atoms with Gasteiger partial charge in [-0.25, -0.2) is 13.6 Å². The van der Waals surface area contributed by atoms with Gasteiger partial charge in [-0.1, -0.05) is 12.1 Å². The molecule has 7 nitrogen and oxygen atoms in total. The van der Waals surface area contributed by atoms with Gasteiger partial charge in [-0.2, -0.15) is 5.21 Å². The van der Waals surface area contributed by atoms with E-state index in [2.05, 4.69) is 20.6 Å². The van der Waals surface area contributed by atoms with E-state index < -0.39 is 10.0 Å². The third-order valence-electron chi connectivity index (χ3n) is 2.11. The zero-order chi connectivity index (χ0) is 11.8. The first-order valence-electron chi connectivity index (χ1n) is 4.36. The summed E-state index contributed by atoms with van der Waals surface area (Å²) in [6.07, 6.45) is 0. The third-order valence-corrected chi connectivity index (χ3v) is 3.06. The van der Waals surface area contributed by atoms with Crippen LogP contribution in [0, 0.1) is 6.92 Å². The molecule has 0 aliphatic rings. The number of hydrogen-bond acceptors (Lipinski definition) is 5. The summed E-state index contributed by atoms with van der Waals surface area (Å²) in [4.78, 5) is -0.00565. The first kappa shape index (κ1) is 10.7. The Kier molecular flexibility index (Phi) is 2.44. The van der Waals surface area contributed by atoms with Gasteiger partial charge in [0.15, 0.2) is 0 Å². The van der Waals surface area contributed by atoms with Crippen molar-refractivity contribution >= 4 is 10.0 Å². The molecule has 0 aliphatic heterocycles. The van der Waals surface area contributed by atoms with E-state index in [1.54, 1.807) is 19.1 Å². The average molecular weight is 239 g/mol. The summed E-state index contributed by atoms with van der Waals surface area (Å²) in [7, 11) is -3.80. The first-order chi connectivity index (χ1) is 7.50. The van der Waals surface area contributed by atoms with Gasteiger partial charge in [0.25, 0.3) is 0 Å². The lowest BCUT2D eigenvalue weighted by Crippen LogP contribution is -2.14. The number of aryl methyl sites for hydroxylation is 1. The number of aromatic nitrogens is 4. The van der Waals surface area contributed by atoms with Gasteiger partial charge >= 0.3 is 0 Å². The van der Waals surface area contributed by atoms with Crippen molar-refractivity contribution in [3.63, 3.8) is 0 Å². The van der Waals surface area contributed by atoms with Crippen LogP contribution in [0.4, 0.5) is 0 Å². The van der Waals surface area contributed by atoms with Gasteiger partial charge in [0.2, 0.25) is 15.8 Å². The molecule has 0 bridgehead atoms. The SMILES string of the molecule is Cc1cccc(S(N)(=O)=O)c1-c1nn[nH]n1. The zero-order valence-electron chi connectivity index (χ0n) is 8.38. The number of aromatic amines is 1. The summed E-state index contributed by atoms with van der Waals surface area (Å²) in [5, 5.41) is 18.3. The van der Waals surface area contributed by atoms with Gasteiger partial charge in [-0.15, -0.1) is 10.2 Å². The molecule has 0 atom stereocenters. The summed E-state index contributed by atoms with van der Waals surface area (Å²) in [6.45, 7) is 1.75. The highest BCUT2D eigenvalue weighted by atomic mass is 32.2. The van der Waals surface area contributed by atoms with Gasteiger partial charge in [-0.3, -0.25) is 0 Å². The molecule has 0 spiro atoms. The van der Waals surface area contributed by atoms with Gasteiger partial charge in [0, 0.05) is 5.56 Å². The summed E-state index contributed by atoms with van der Waals surface area (Å²) in [5.74, 6) is 0.210. The van der Waals surface area contributed by atoms with Crippen molar-refractivity contribution in [3.8, 4) is 11.4 Å². The molecular weight excluding hydrogens is 230 g/mol. The van der Waals surface area contributed by atoms with E-state index in [9.17, 15) is 8.42 Å². The molecule has 0 fully saturated rings. The number of sulfonamides is 1. The molecule has 16 heavy (non-hydrogen) atoms. The minimum absolute atomic E-state index is 0.00565. The van der Waals surface area contributed by atoms with E-state index in [1.807, 2.05) is 0 Å². The lowest BCUT2D eigenvalue weighted by molar-refractivity contribution is 0.598. The molecule has 0 radical (unpaired) electrons. The van der Waals surface area contributed by atoms with Crippen molar-refractivity contribution in [1.82, 2.24) is 20.6 Å². The molecule has 1 aromatic heterocycles. The lowest BCUT2D eigenvalue weighted by Gasteiger charge is -2.06. The minimum atomic E-state index is -3.80. The molecule has 1 heterocycles. The fourth-order valence-electron chi connectivity index (χ4n) is 1.43. The Morgan fingerprint density at radius 1 is 1.38 bits per heavy atom. The van der Waals surface area contributed by atoms with Crippen molar-refractivity contribution in [1.29, 1.82) is 0 Å². The molecule has 0 unspecified atom stereocenters. The number of benzene rings is 1. The zero-order valence-corrected chi connectivity index (χ0v) is 9.19. The topological polar surface area (TPSA) is 115 Å². The smallest absolute Gasteiger partial charge is 0.225 e. The minimum Gasteiger partial charge on any atom is -0.225 e. The fraction of sp³-hybridized carbons (Fsp3) is 0.125. The maximum Gasteiger partial charge on any atom is 0.238 e. The highest BCUT2D eigenvalue weighted by Gasteiger charge is 2.19. The second-order valence-electron chi connectivity index (χ2n) is 3.23. The first-order valence-corrected chi connectivity index (χ1v) is 5.91. The van der Waals surface area contributed by atoms with Crippen LogP contribution in [-0.4, -0.2) is 29.0 Å². The predicted molar refractivity (Wildman–Crippen MR) is 55.7 cm³/mol. The summed E-state index contributed by atoms with van der Waals surface area (Å²) in [6, 6.07) is 4.77. The molecule has 0 saturated heterocycles. The van der Waals surface area contributed by atoms with E-state index in [0.29, 0.717) is 11.1 Å². The Hall–Kier alpha value is -1.80. The summed E-state index contributed by atoms with van der Waals surface area (Å²) >= 11 is 0. The van der Waals surface area contributed by atoms with Gasteiger partial charge in [-0.05, 0) is 23.8 Å². The Labute approximate surface area is 91.7 Å². The van der Waals surface area contributed by atoms with Crippen molar-refractivity contribution in [3.05, 3.63) is 23.8 Å². The number of H-pyrrole nitrogens is 1. The molecule has 8 heteroatoms. The number of primary sulfonamides is 1. The second kappa shape index (κ2) is 3.65. The quantitative estimate of drug-likeness (QED) is 0.754. The van der Waals surface area contributed by atoms with E-state index in [-0.39, 0.29) is 10.7 Å². The summed E-state index contributed by atoms with van der Waals surface area (Å²) in [5.41, 5.74) is 1.09. The number of nitrogens with one attached hydrogen (secondary N) is 1. The number of rotatable bonds is 2. The normalized spacial score (nSPS) is 11.6. The molecule has 0 amide bonds. The van der Waals surface area contributed by atoms with Crippen molar-refractivity contribution in [2.75, 3.05) is 0 Å². The van der Waals surface area contributed by atoms with Crippen LogP contribution >= 0.6 is 0 Å². The fourth-order valence-corrected chi connectivity index (χ4v) is 2.24. The van der Waals surface area contributed by atoms with E-state index in [1.165, 1.54) is 6.07 Å². The highest BCUT2D eigenvalue weighted by molar-refractivity contribution is 7.89. The van der Waals surface area contributed by atoms with E-state index >= 15 is 0 Å². The van der Waals surface area contributed by atoms with Crippen LogP contribution in [0.1, 0.15) is 5.56 Å². The average Bonchev–Trinajstić information content (AvgIpc) is 2.68. The van der Waals surface area contributed by atoms with Crippen molar-refractivity contribution < 1.29 is 8.42 Å². The van der Waals surface area contributed by atoms with Crippen LogP contribution in [0.15, 0.2) is 23.1 Å². The number of nitrogens with two attached hydrogens (primary N) is 1. The second-order valence-corrected chi connectivity index (χ2v) is 4.76. The monoisotopic (exact) mass is 239 g/mol. The highest BCUT2D eigenvalue weighted by Crippen LogP contribution is 2.26. The number of nitrogens with zero attached hydrogens (tertiary/aromatic N) is 3. The van der Waals surface area contributed by atoms with Crippen molar-refractivity contribution in [2.45, 2.75) is 11.8 Å². The molecule has 3 N–H and O–H groups in total. The number of tetrazole rings is 1. The van der Waals surface area contributed by atoms with Crippen molar-refractivity contribution in [2.24, 2.45) is 5.14 Å². The molecule has 2 aromatic rings. The summed E-state index contributed by atoms with van der Waals surface area (Å²) < 4.78 is 22.8. The molecule has 0 saturated carbocycles. The third kappa shape index (κ3) is 1.79. The Morgan fingerprint density at radius 2 is 2.12 bits per heavy atom. The van der Waals surface area contributed by atoms with E-state index in [0.717, 1.165) is 0 Å². The maximum atomic E-state index is 11.4. The molecule has 84 valence electrons. The molecular formula is C8H9N5O2S. The predicted octanol–water partition coefficient (Wildman–Crippen LogP) is -0.177. The van der Waals surface area contributed by atoms with Crippen LogP contribution < -0.4 is 5.14 Å². The molecule has 2 rings (SSSR count). The Bertz CT molecular complexity index is 605. The van der Waals surface area contributed by atoms with Crippen LogP contribution in [-0.2, 0) is 10.0 Å². The van der Waals surface area contributed by atoms with Gasteiger partial charge in [0.05, 0.1) is 4.90 Å². The number of hydrogen-bond donors (Lipinski definition) is 2. The van der Waals surface area contributed by atoms with Crippen LogP contribution in [0.2, 0.25) is 0 Å². The standard InChI is InChI=1S/C8H9N5O2S/c1-5-3-2-4-6(16(9,14)15)7(5)8-10-12-13-11-8/h2-4H,1H3,(H2,9,14,15)(H,10,11,12,13). The molecule has 1 aromatic carbocycles. The lowest BCUT2D eigenvalue weighted by atomic mass is 10.1. The van der Waals surface area contributed by atoms with Crippen LogP contribution in [0.5, 0.6) is 0 Å². The molecule has 0 aliphatic carbocycles. The van der Waals surface area contributed by atoms with E-state index in [4.69, 9.17) is 5.14 Å². The Morgan fingerprint density at radius 3 is 2.69 bits per heavy atom. The van der Waals surface area contributed by atoms with Gasteiger partial charge in [0.1, 0.15) is 0 Å². The van der Waals surface area contributed by atoms with Crippen LogP contribution in [0.3, 0.4) is 0 Å². The van der Waals surface area contributed by atoms with Crippen LogP contribution in [0.25, 0.3) is 11.4 Å². The van der Waals surface area contributed by atoms with Gasteiger partial charge < -0.3 is 0 Å².